The van der Waals surface area contributed by atoms with Gasteiger partial charge in [-0.2, -0.15) is 0 Å². The summed E-state index contributed by atoms with van der Waals surface area (Å²) >= 11 is 0. The van der Waals surface area contributed by atoms with Crippen molar-refractivity contribution in [2.24, 2.45) is 0 Å². The van der Waals surface area contributed by atoms with Crippen molar-refractivity contribution in [1.29, 1.82) is 0 Å². The molecule has 2 amide bonds. The van der Waals surface area contributed by atoms with Gasteiger partial charge in [-0.25, -0.2) is 18.1 Å². The van der Waals surface area contributed by atoms with Gasteiger partial charge in [-0.05, 0) is 12.1 Å². The van der Waals surface area contributed by atoms with Crippen molar-refractivity contribution in [3.63, 3.8) is 0 Å². The second kappa shape index (κ2) is 4.19. The molecule has 1 heterocycles. The van der Waals surface area contributed by atoms with E-state index in [0.717, 1.165) is 0 Å². The van der Waals surface area contributed by atoms with E-state index in [1.165, 1.54) is 12.1 Å². The van der Waals surface area contributed by atoms with Gasteiger partial charge in [-0.1, -0.05) is 12.1 Å². The molecule has 6 heteroatoms. The van der Waals surface area contributed by atoms with Gasteiger partial charge < -0.3 is 0 Å². The maximum atomic E-state index is 13.2. The fourth-order valence-corrected chi connectivity index (χ4v) is 2.09. The first-order valence-corrected chi connectivity index (χ1v) is 5.63. The van der Waals surface area contributed by atoms with Gasteiger partial charge in [0.2, 0.25) is 0 Å². The zero-order valence-electron chi connectivity index (χ0n) is 9.86. The molecule has 0 radical (unpaired) electrons. The lowest BCUT2D eigenvalue weighted by molar-refractivity contribution is 0.0926. The van der Waals surface area contributed by atoms with Crippen LogP contribution in [0.2, 0.25) is 0 Å². The molecule has 0 saturated carbocycles. The van der Waals surface area contributed by atoms with Gasteiger partial charge in [0.05, 0.1) is 16.8 Å². The van der Waals surface area contributed by atoms with E-state index >= 15 is 0 Å². The minimum absolute atomic E-state index is 0.141. The van der Waals surface area contributed by atoms with Crippen LogP contribution in [-0.4, -0.2) is 11.8 Å². The van der Waals surface area contributed by atoms with Gasteiger partial charge in [-0.15, -0.1) is 0 Å². The average molecular weight is 277 g/mol. The number of rotatable bonds is 1. The number of hydrogen-bond acceptors (Lipinski definition) is 2. The number of carbonyl (C=O) groups excluding carboxylic acids is 2. The Balaban J connectivity index is 2.14. The summed E-state index contributed by atoms with van der Waals surface area (Å²) in [5.74, 6) is -5.97. The quantitative estimate of drug-likeness (QED) is 0.593. The van der Waals surface area contributed by atoms with E-state index in [0.29, 0.717) is 17.0 Å². The molecule has 3 rings (SSSR count). The first-order chi connectivity index (χ1) is 9.50. The third-order valence-corrected chi connectivity index (χ3v) is 3.02. The lowest BCUT2D eigenvalue weighted by Crippen LogP contribution is -2.29. The molecule has 100 valence electrons. The molecule has 1 aliphatic rings. The molecule has 0 fully saturated rings. The molecule has 0 atom stereocenters. The van der Waals surface area contributed by atoms with Crippen molar-refractivity contribution in [3.8, 4) is 0 Å². The summed E-state index contributed by atoms with van der Waals surface area (Å²) in [6.07, 6.45) is 0. The highest BCUT2D eigenvalue weighted by atomic mass is 19.2. The van der Waals surface area contributed by atoms with Crippen LogP contribution >= 0.6 is 0 Å². The lowest BCUT2D eigenvalue weighted by Gasteiger charge is -2.14. The average Bonchev–Trinajstić information content (AvgIpc) is 2.68. The van der Waals surface area contributed by atoms with E-state index < -0.39 is 29.3 Å². The molecule has 0 unspecified atom stereocenters. The third kappa shape index (κ3) is 1.61. The molecular formula is C14H6F3NO2. The Hall–Kier alpha value is -2.63. The summed E-state index contributed by atoms with van der Waals surface area (Å²) in [4.78, 5) is 24.8. The third-order valence-electron chi connectivity index (χ3n) is 3.02. The summed E-state index contributed by atoms with van der Waals surface area (Å²) in [5, 5.41) is 0. The Bertz CT molecular complexity index is 700. The lowest BCUT2D eigenvalue weighted by atomic mass is 10.1. The van der Waals surface area contributed by atoms with Gasteiger partial charge in [0.1, 0.15) is 0 Å². The Morgan fingerprint density at radius 3 is 1.70 bits per heavy atom. The van der Waals surface area contributed by atoms with Crippen LogP contribution in [0.4, 0.5) is 18.9 Å². The molecule has 0 N–H and O–H groups in total. The molecule has 0 aromatic heterocycles. The van der Waals surface area contributed by atoms with E-state index in [1.54, 1.807) is 12.1 Å². The minimum Gasteiger partial charge on any atom is -0.268 e. The van der Waals surface area contributed by atoms with Gasteiger partial charge in [-0.3, -0.25) is 9.59 Å². The van der Waals surface area contributed by atoms with Crippen molar-refractivity contribution in [2.75, 3.05) is 4.90 Å². The molecule has 0 aliphatic carbocycles. The van der Waals surface area contributed by atoms with E-state index in [9.17, 15) is 22.8 Å². The van der Waals surface area contributed by atoms with Crippen molar-refractivity contribution in [3.05, 3.63) is 65.0 Å². The monoisotopic (exact) mass is 277 g/mol. The Morgan fingerprint density at radius 1 is 0.800 bits per heavy atom. The fraction of sp³-hybridized carbons (Fsp3) is 0. The van der Waals surface area contributed by atoms with Crippen LogP contribution in [0.3, 0.4) is 0 Å². The van der Waals surface area contributed by atoms with Crippen molar-refractivity contribution >= 4 is 17.5 Å². The van der Waals surface area contributed by atoms with Crippen LogP contribution in [0.5, 0.6) is 0 Å². The molecule has 2 aromatic rings. The van der Waals surface area contributed by atoms with Gasteiger partial charge in [0.25, 0.3) is 11.8 Å². The number of benzene rings is 2. The van der Waals surface area contributed by atoms with E-state index in [4.69, 9.17) is 0 Å². The first kappa shape index (κ1) is 12.4. The van der Waals surface area contributed by atoms with Crippen molar-refractivity contribution in [2.45, 2.75) is 0 Å². The predicted molar refractivity (Wildman–Crippen MR) is 63.9 cm³/mol. The second-order valence-electron chi connectivity index (χ2n) is 4.21. The summed E-state index contributed by atoms with van der Waals surface area (Å²) in [6, 6.07) is 7.23. The molecule has 0 spiro atoms. The second-order valence-corrected chi connectivity index (χ2v) is 4.21. The van der Waals surface area contributed by atoms with Gasteiger partial charge in [0, 0.05) is 12.1 Å². The Labute approximate surface area is 111 Å². The molecule has 1 aliphatic heterocycles. The minimum atomic E-state index is -1.65. The first-order valence-electron chi connectivity index (χ1n) is 5.63. The van der Waals surface area contributed by atoms with E-state index in [-0.39, 0.29) is 16.8 Å². The number of hydrogen-bond donors (Lipinski definition) is 0. The van der Waals surface area contributed by atoms with E-state index in [1.807, 2.05) is 0 Å². The smallest absolute Gasteiger partial charge is 0.266 e. The van der Waals surface area contributed by atoms with Crippen LogP contribution in [0.25, 0.3) is 0 Å². The van der Waals surface area contributed by atoms with Gasteiger partial charge in [0.15, 0.2) is 17.5 Å². The summed E-state index contributed by atoms with van der Waals surface area (Å²) in [7, 11) is 0. The van der Waals surface area contributed by atoms with Crippen molar-refractivity contribution < 1.29 is 22.8 Å². The number of amides is 2. The predicted octanol–water partition coefficient (Wildman–Crippen LogP) is 2.90. The fourth-order valence-electron chi connectivity index (χ4n) is 2.09. The number of carbonyl (C=O) groups is 2. The molecular weight excluding hydrogens is 271 g/mol. The molecule has 2 aromatic carbocycles. The molecule has 3 nitrogen and oxygen atoms in total. The number of halogens is 3. The number of fused-ring (bicyclic) bond motifs is 1. The highest BCUT2D eigenvalue weighted by molar-refractivity contribution is 6.34. The summed E-state index contributed by atoms with van der Waals surface area (Å²) in [6.45, 7) is 0. The normalized spacial score (nSPS) is 13.8. The van der Waals surface area contributed by atoms with Gasteiger partial charge >= 0.3 is 0 Å². The molecule has 0 saturated heterocycles. The largest absolute Gasteiger partial charge is 0.268 e. The summed E-state index contributed by atoms with van der Waals surface area (Å²) < 4.78 is 39.3. The van der Waals surface area contributed by atoms with Crippen molar-refractivity contribution in [1.82, 2.24) is 0 Å². The van der Waals surface area contributed by atoms with Crippen LogP contribution < -0.4 is 4.90 Å². The Kier molecular flexibility index (Phi) is 2.60. The van der Waals surface area contributed by atoms with Crippen LogP contribution in [0.15, 0.2) is 36.4 Å². The zero-order chi connectivity index (χ0) is 14.4. The number of anilines is 1. The maximum absolute atomic E-state index is 13.2. The number of imide groups is 1. The van der Waals surface area contributed by atoms with Crippen LogP contribution in [0.1, 0.15) is 20.7 Å². The topological polar surface area (TPSA) is 37.4 Å². The highest BCUT2D eigenvalue weighted by Gasteiger charge is 2.37. The Morgan fingerprint density at radius 2 is 1.25 bits per heavy atom. The standard InChI is InChI=1S/C14H6F3NO2/c15-10-5-7(6-11(16)12(10)17)18-13(19)8-3-1-2-4-9(8)14(18)20/h1-6H. The van der Waals surface area contributed by atoms with E-state index in [2.05, 4.69) is 0 Å². The highest BCUT2D eigenvalue weighted by Crippen LogP contribution is 2.30. The molecule has 20 heavy (non-hydrogen) atoms. The van der Waals surface area contributed by atoms with Crippen LogP contribution in [0, 0.1) is 17.5 Å². The zero-order valence-corrected chi connectivity index (χ0v) is 9.86. The number of nitrogens with zero attached hydrogens (tertiary/aromatic N) is 1. The van der Waals surface area contributed by atoms with Crippen LogP contribution in [-0.2, 0) is 0 Å². The summed E-state index contributed by atoms with van der Waals surface area (Å²) in [5.41, 5.74) is -0.0575. The maximum Gasteiger partial charge on any atom is 0.266 e. The molecule has 0 bridgehead atoms. The SMILES string of the molecule is O=C1c2ccccc2C(=O)N1c1cc(F)c(F)c(F)c1.